The zero-order valence-electron chi connectivity index (χ0n) is 21.6. The third-order valence-electron chi connectivity index (χ3n) is 6.09. The summed E-state index contributed by atoms with van der Waals surface area (Å²) < 4.78 is 11.7. The van der Waals surface area contributed by atoms with E-state index in [4.69, 9.17) is 9.47 Å². The standard InChI is InChI=1S/C36H24N2O2/c37-25-31(23-27-11-19-35(20-12-27)39-33-7-3-1-4-8-33)29-15-17-30(18-16-29)32(26-38)24-28-13-21-36(22-14-28)40-34-9-5-2-6-10-34/h1-24H/b31-23+,32-24+. The summed E-state index contributed by atoms with van der Waals surface area (Å²) in [7, 11) is 0. The van der Waals surface area contributed by atoms with Crippen molar-refractivity contribution < 1.29 is 9.47 Å². The minimum Gasteiger partial charge on any atom is -0.457 e. The molecular formula is C36H24N2O2. The van der Waals surface area contributed by atoms with E-state index >= 15 is 0 Å². The minimum absolute atomic E-state index is 0.528. The maximum atomic E-state index is 9.81. The Balaban J connectivity index is 1.28. The fourth-order valence-corrected chi connectivity index (χ4v) is 4.04. The summed E-state index contributed by atoms with van der Waals surface area (Å²) in [6.07, 6.45) is 3.67. The number of nitriles is 2. The van der Waals surface area contributed by atoms with Crippen molar-refractivity contribution in [2.45, 2.75) is 0 Å². The number of hydrogen-bond donors (Lipinski definition) is 0. The number of ether oxygens (including phenoxy) is 2. The zero-order valence-corrected chi connectivity index (χ0v) is 21.6. The fourth-order valence-electron chi connectivity index (χ4n) is 4.04. The predicted molar refractivity (Wildman–Crippen MR) is 159 cm³/mol. The van der Waals surface area contributed by atoms with Gasteiger partial charge in [-0.2, -0.15) is 10.5 Å². The number of allylic oxidation sites excluding steroid dienone is 2. The van der Waals surface area contributed by atoms with Crippen LogP contribution in [0.25, 0.3) is 23.3 Å². The molecule has 0 N–H and O–H groups in total. The highest BCUT2D eigenvalue weighted by atomic mass is 16.5. The van der Waals surface area contributed by atoms with Crippen LogP contribution < -0.4 is 9.47 Å². The Hall–Kier alpha value is -5.84. The van der Waals surface area contributed by atoms with Crippen molar-refractivity contribution in [1.82, 2.24) is 0 Å². The van der Waals surface area contributed by atoms with Gasteiger partial charge < -0.3 is 9.47 Å². The number of para-hydroxylation sites is 2. The molecule has 4 heteroatoms. The molecule has 5 aromatic rings. The topological polar surface area (TPSA) is 66.0 Å². The molecule has 5 aromatic carbocycles. The second-order valence-electron chi connectivity index (χ2n) is 8.89. The molecule has 0 heterocycles. The Labute approximate surface area is 233 Å². The monoisotopic (exact) mass is 516 g/mol. The molecule has 0 amide bonds. The second-order valence-corrected chi connectivity index (χ2v) is 8.89. The van der Waals surface area contributed by atoms with Crippen LogP contribution in [-0.2, 0) is 0 Å². The molecule has 0 unspecified atom stereocenters. The molecule has 0 bridgehead atoms. The van der Waals surface area contributed by atoms with Crippen molar-refractivity contribution >= 4 is 23.3 Å². The Kier molecular flexibility index (Phi) is 8.13. The largest absolute Gasteiger partial charge is 0.457 e. The normalized spacial score (nSPS) is 11.2. The van der Waals surface area contributed by atoms with Crippen LogP contribution in [0.1, 0.15) is 22.3 Å². The first kappa shape index (κ1) is 25.8. The van der Waals surface area contributed by atoms with Crippen LogP contribution in [0, 0.1) is 22.7 Å². The van der Waals surface area contributed by atoms with Crippen LogP contribution >= 0.6 is 0 Å². The molecule has 0 saturated carbocycles. The maximum Gasteiger partial charge on any atom is 0.127 e. The van der Waals surface area contributed by atoms with E-state index in [0.29, 0.717) is 11.1 Å². The van der Waals surface area contributed by atoms with Gasteiger partial charge in [-0.3, -0.25) is 0 Å². The van der Waals surface area contributed by atoms with Gasteiger partial charge in [-0.25, -0.2) is 0 Å². The highest BCUT2D eigenvalue weighted by Gasteiger charge is 2.06. The Morgan fingerprint density at radius 3 is 1.07 bits per heavy atom. The molecule has 4 nitrogen and oxygen atoms in total. The van der Waals surface area contributed by atoms with Crippen molar-refractivity contribution in [1.29, 1.82) is 10.5 Å². The van der Waals surface area contributed by atoms with Crippen molar-refractivity contribution in [2.24, 2.45) is 0 Å². The molecule has 0 aromatic heterocycles. The summed E-state index contributed by atoms with van der Waals surface area (Å²) in [5.74, 6) is 2.98. The smallest absolute Gasteiger partial charge is 0.127 e. The van der Waals surface area contributed by atoms with E-state index in [0.717, 1.165) is 45.3 Å². The van der Waals surface area contributed by atoms with E-state index in [-0.39, 0.29) is 0 Å². The Bertz CT molecular complexity index is 1570. The van der Waals surface area contributed by atoms with Crippen LogP contribution in [0.15, 0.2) is 133 Å². The predicted octanol–water partition coefficient (Wildman–Crippen LogP) is 9.40. The van der Waals surface area contributed by atoms with Crippen LogP contribution in [0.5, 0.6) is 23.0 Å². The summed E-state index contributed by atoms with van der Waals surface area (Å²) in [6.45, 7) is 0. The first-order chi connectivity index (χ1) is 19.7. The molecule has 5 rings (SSSR count). The van der Waals surface area contributed by atoms with Gasteiger partial charge in [-0.15, -0.1) is 0 Å². The molecule has 40 heavy (non-hydrogen) atoms. The van der Waals surface area contributed by atoms with Gasteiger partial charge in [0.1, 0.15) is 23.0 Å². The van der Waals surface area contributed by atoms with Crippen LogP contribution in [0.3, 0.4) is 0 Å². The fraction of sp³-hybridized carbons (Fsp3) is 0. The number of benzene rings is 5. The number of hydrogen-bond acceptors (Lipinski definition) is 4. The average molecular weight is 517 g/mol. The molecule has 0 aliphatic heterocycles. The first-order valence-electron chi connectivity index (χ1n) is 12.7. The van der Waals surface area contributed by atoms with E-state index in [1.165, 1.54) is 0 Å². The van der Waals surface area contributed by atoms with Crippen molar-refractivity contribution in [3.05, 3.63) is 156 Å². The SMILES string of the molecule is N#C/C(=C\c1ccc(Oc2ccccc2)cc1)c1ccc(/C(C#N)=C/c2ccc(Oc3ccccc3)cc2)cc1. The van der Waals surface area contributed by atoms with Crippen molar-refractivity contribution in [2.75, 3.05) is 0 Å². The molecule has 0 atom stereocenters. The molecule has 0 radical (unpaired) electrons. The van der Waals surface area contributed by atoms with E-state index in [1.807, 2.05) is 146 Å². The summed E-state index contributed by atoms with van der Waals surface area (Å²) in [4.78, 5) is 0. The van der Waals surface area contributed by atoms with Gasteiger partial charge in [0.25, 0.3) is 0 Å². The van der Waals surface area contributed by atoms with Crippen LogP contribution in [0.4, 0.5) is 0 Å². The van der Waals surface area contributed by atoms with E-state index < -0.39 is 0 Å². The Morgan fingerprint density at radius 2 is 0.750 bits per heavy atom. The van der Waals surface area contributed by atoms with Gasteiger partial charge in [-0.05, 0) is 82.9 Å². The molecule has 190 valence electrons. The van der Waals surface area contributed by atoms with Crippen molar-refractivity contribution in [3.8, 4) is 35.1 Å². The quantitative estimate of drug-likeness (QED) is 0.152. The van der Waals surface area contributed by atoms with E-state index in [1.54, 1.807) is 0 Å². The lowest BCUT2D eigenvalue weighted by atomic mass is 9.99. The average Bonchev–Trinajstić information content (AvgIpc) is 3.01. The number of rotatable bonds is 8. The molecule has 0 spiro atoms. The zero-order chi connectivity index (χ0) is 27.6. The van der Waals surface area contributed by atoms with E-state index in [2.05, 4.69) is 12.1 Å². The second kappa shape index (κ2) is 12.6. The summed E-state index contributed by atoms with van der Waals surface area (Å²) >= 11 is 0. The van der Waals surface area contributed by atoms with Gasteiger partial charge in [0.05, 0.1) is 23.3 Å². The molecule has 0 aliphatic carbocycles. The summed E-state index contributed by atoms with van der Waals surface area (Å²) in [6, 6.07) is 46.3. The minimum atomic E-state index is 0.528. The summed E-state index contributed by atoms with van der Waals surface area (Å²) in [5, 5.41) is 19.6. The lowest BCUT2D eigenvalue weighted by molar-refractivity contribution is 0.482. The third-order valence-corrected chi connectivity index (χ3v) is 6.09. The molecule has 0 aliphatic rings. The number of nitrogens with zero attached hydrogens (tertiary/aromatic N) is 2. The van der Waals surface area contributed by atoms with Crippen LogP contribution in [-0.4, -0.2) is 0 Å². The molecule has 0 fully saturated rings. The van der Waals surface area contributed by atoms with Gasteiger partial charge >= 0.3 is 0 Å². The van der Waals surface area contributed by atoms with E-state index in [9.17, 15) is 10.5 Å². The van der Waals surface area contributed by atoms with Crippen LogP contribution in [0.2, 0.25) is 0 Å². The van der Waals surface area contributed by atoms with Crippen molar-refractivity contribution in [3.63, 3.8) is 0 Å². The molecular weight excluding hydrogens is 492 g/mol. The lowest BCUT2D eigenvalue weighted by Crippen LogP contribution is -1.87. The lowest BCUT2D eigenvalue weighted by Gasteiger charge is -2.07. The first-order valence-corrected chi connectivity index (χ1v) is 12.7. The molecule has 0 saturated heterocycles. The third kappa shape index (κ3) is 6.72. The van der Waals surface area contributed by atoms with Gasteiger partial charge in [0, 0.05) is 0 Å². The van der Waals surface area contributed by atoms with Gasteiger partial charge in [0.15, 0.2) is 0 Å². The highest BCUT2D eigenvalue weighted by Crippen LogP contribution is 2.26. The maximum absolute atomic E-state index is 9.81. The Morgan fingerprint density at radius 1 is 0.425 bits per heavy atom. The van der Waals surface area contributed by atoms with Gasteiger partial charge in [0.2, 0.25) is 0 Å². The summed E-state index contributed by atoms with van der Waals surface area (Å²) in [5.41, 5.74) is 4.38. The van der Waals surface area contributed by atoms with Gasteiger partial charge in [-0.1, -0.05) is 84.9 Å². The highest BCUT2D eigenvalue weighted by molar-refractivity contribution is 5.92.